The van der Waals surface area contributed by atoms with E-state index in [4.69, 9.17) is 18.9 Å². The molecule has 2 rings (SSSR count). The minimum absolute atomic E-state index is 0.0680. The van der Waals surface area contributed by atoms with Gasteiger partial charge in [-0.2, -0.15) is 0 Å². The lowest BCUT2D eigenvalue weighted by molar-refractivity contribution is -0.140. The van der Waals surface area contributed by atoms with E-state index in [1.54, 1.807) is 24.3 Å². The summed E-state index contributed by atoms with van der Waals surface area (Å²) < 4.78 is 19.8. The van der Waals surface area contributed by atoms with Crippen LogP contribution in [0.5, 0.6) is 0 Å². The molecule has 2 N–H and O–H groups in total. The number of esters is 2. The highest BCUT2D eigenvalue weighted by Crippen LogP contribution is 2.20. The molecule has 0 unspecified atom stereocenters. The van der Waals surface area contributed by atoms with Gasteiger partial charge < -0.3 is 18.9 Å². The van der Waals surface area contributed by atoms with Crippen LogP contribution in [0.15, 0.2) is 72.8 Å². The lowest BCUT2D eigenvalue weighted by Gasteiger charge is -2.12. The van der Waals surface area contributed by atoms with Crippen LogP contribution in [0.25, 0.3) is 0 Å². The Labute approximate surface area is 215 Å². The highest BCUT2D eigenvalue weighted by molar-refractivity contribution is 5.88. The van der Waals surface area contributed by atoms with Gasteiger partial charge in [0.2, 0.25) is 0 Å². The van der Waals surface area contributed by atoms with Crippen LogP contribution < -0.4 is 10.6 Å². The molecule has 0 aliphatic rings. The fourth-order valence-corrected chi connectivity index (χ4v) is 2.81. The third-order valence-corrected chi connectivity index (χ3v) is 4.65. The molecule has 10 heteroatoms. The smallest absolute Gasteiger partial charge is 0.411 e. The van der Waals surface area contributed by atoms with Crippen molar-refractivity contribution < 1.29 is 38.1 Å². The van der Waals surface area contributed by atoms with Crippen molar-refractivity contribution in [2.45, 2.75) is 20.3 Å². The highest BCUT2D eigenvalue weighted by Gasteiger charge is 2.10. The van der Waals surface area contributed by atoms with E-state index in [1.807, 2.05) is 24.3 Å². The maximum absolute atomic E-state index is 12.1. The molecule has 0 saturated carbocycles. The van der Waals surface area contributed by atoms with E-state index in [2.05, 4.69) is 23.8 Å². The van der Waals surface area contributed by atoms with Crippen LogP contribution in [0.1, 0.15) is 25.0 Å². The van der Waals surface area contributed by atoms with Crippen molar-refractivity contribution in [2.24, 2.45) is 0 Å². The van der Waals surface area contributed by atoms with Crippen molar-refractivity contribution in [3.63, 3.8) is 0 Å². The molecule has 2 amide bonds. The average molecular weight is 511 g/mol. The number of carbonyl (C=O) groups is 4. The molecule has 0 radical (unpaired) electrons. The molecule has 196 valence electrons. The Kier molecular flexibility index (Phi) is 11.4. The van der Waals surface area contributed by atoms with E-state index < -0.39 is 24.1 Å². The Morgan fingerprint density at radius 3 is 1.70 bits per heavy atom. The summed E-state index contributed by atoms with van der Waals surface area (Å²) in [6.45, 7) is 9.67. The lowest BCUT2D eigenvalue weighted by Crippen LogP contribution is -2.19. The summed E-state index contributed by atoms with van der Waals surface area (Å²) in [5.74, 6) is -1.09. The lowest BCUT2D eigenvalue weighted by atomic mass is 10.0. The van der Waals surface area contributed by atoms with Crippen molar-refractivity contribution in [2.75, 3.05) is 37.1 Å². The summed E-state index contributed by atoms with van der Waals surface area (Å²) in [5, 5.41) is 5.28. The van der Waals surface area contributed by atoms with E-state index in [0.717, 1.165) is 11.1 Å². The summed E-state index contributed by atoms with van der Waals surface area (Å²) in [7, 11) is 0. The summed E-state index contributed by atoms with van der Waals surface area (Å²) in [4.78, 5) is 46.7. The Morgan fingerprint density at radius 2 is 1.16 bits per heavy atom. The second-order valence-corrected chi connectivity index (χ2v) is 7.89. The minimum atomic E-state index is -0.679. The molecular formula is C27H30N2O8. The first-order chi connectivity index (χ1) is 17.7. The van der Waals surface area contributed by atoms with Crippen molar-refractivity contribution in [3.8, 4) is 0 Å². The molecule has 0 atom stereocenters. The molecule has 2 aromatic carbocycles. The maximum Gasteiger partial charge on any atom is 0.411 e. The van der Waals surface area contributed by atoms with Crippen LogP contribution in [-0.2, 0) is 35.0 Å². The first-order valence-electron chi connectivity index (χ1n) is 11.4. The summed E-state index contributed by atoms with van der Waals surface area (Å²) in [6, 6.07) is 14.3. The van der Waals surface area contributed by atoms with E-state index in [0.29, 0.717) is 17.8 Å². The Balaban J connectivity index is 1.82. The zero-order valence-corrected chi connectivity index (χ0v) is 20.8. The van der Waals surface area contributed by atoms with Crippen molar-refractivity contribution in [1.82, 2.24) is 0 Å². The zero-order chi connectivity index (χ0) is 27.2. The monoisotopic (exact) mass is 510 g/mol. The SMILES string of the molecule is C=C(C)C(=O)OCCOC(=O)Nc1ccc(Cc2ccccc2NC(=O)OCCOC(=O)C(=C)C)cc1. The Morgan fingerprint density at radius 1 is 0.676 bits per heavy atom. The third-order valence-electron chi connectivity index (χ3n) is 4.65. The van der Waals surface area contributed by atoms with Gasteiger partial charge in [-0.25, -0.2) is 19.2 Å². The molecule has 0 aromatic heterocycles. The van der Waals surface area contributed by atoms with Gasteiger partial charge in [-0.3, -0.25) is 10.6 Å². The van der Waals surface area contributed by atoms with Gasteiger partial charge in [-0.1, -0.05) is 43.5 Å². The molecule has 0 fully saturated rings. The van der Waals surface area contributed by atoms with Gasteiger partial charge in [-0.05, 0) is 49.6 Å². The topological polar surface area (TPSA) is 129 Å². The summed E-state index contributed by atoms with van der Waals surface area (Å²) >= 11 is 0. The molecule has 0 aliphatic carbocycles. The number of para-hydroxylation sites is 1. The van der Waals surface area contributed by atoms with Crippen molar-refractivity contribution in [3.05, 3.63) is 84.0 Å². The second kappa shape index (κ2) is 14.7. The van der Waals surface area contributed by atoms with Gasteiger partial charge >= 0.3 is 24.1 Å². The number of ether oxygens (including phenoxy) is 4. The van der Waals surface area contributed by atoms with Gasteiger partial charge in [0.25, 0.3) is 0 Å². The molecule has 10 nitrogen and oxygen atoms in total. The third kappa shape index (κ3) is 10.7. The maximum atomic E-state index is 12.1. The van der Waals surface area contributed by atoms with Crippen LogP contribution in [0.3, 0.4) is 0 Å². The minimum Gasteiger partial charge on any atom is -0.459 e. The normalized spacial score (nSPS) is 10.0. The molecule has 0 saturated heterocycles. The number of benzene rings is 2. The van der Waals surface area contributed by atoms with Crippen LogP contribution in [0, 0.1) is 0 Å². The van der Waals surface area contributed by atoms with Crippen LogP contribution in [-0.4, -0.2) is 50.6 Å². The summed E-state index contributed by atoms with van der Waals surface area (Å²) in [5.41, 5.74) is 3.40. The highest BCUT2D eigenvalue weighted by atomic mass is 16.6. The summed E-state index contributed by atoms with van der Waals surface area (Å²) in [6.07, 6.45) is -0.848. The quantitative estimate of drug-likeness (QED) is 0.183. The van der Waals surface area contributed by atoms with Crippen molar-refractivity contribution in [1.29, 1.82) is 0 Å². The number of carbonyl (C=O) groups excluding carboxylic acids is 4. The zero-order valence-electron chi connectivity index (χ0n) is 20.8. The number of nitrogens with one attached hydrogen (secondary N) is 2. The fourth-order valence-electron chi connectivity index (χ4n) is 2.81. The molecular weight excluding hydrogens is 480 g/mol. The molecule has 0 spiro atoms. The first-order valence-corrected chi connectivity index (χ1v) is 11.4. The van der Waals surface area contributed by atoms with Gasteiger partial charge in [0.1, 0.15) is 26.4 Å². The van der Waals surface area contributed by atoms with E-state index in [-0.39, 0.29) is 37.6 Å². The molecule has 0 bridgehead atoms. The predicted octanol–water partition coefficient (Wildman–Crippen LogP) is 4.61. The number of anilines is 2. The number of hydrogen-bond donors (Lipinski definition) is 2. The van der Waals surface area contributed by atoms with Gasteiger partial charge in [-0.15, -0.1) is 0 Å². The van der Waals surface area contributed by atoms with Crippen LogP contribution >= 0.6 is 0 Å². The molecule has 37 heavy (non-hydrogen) atoms. The largest absolute Gasteiger partial charge is 0.459 e. The molecule has 0 aliphatic heterocycles. The van der Waals surface area contributed by atoms with Crippen LogP contribution in [0.2, 0.25) is 0 Å². The number of hydrogen-bond acceptors (Lipinski definition) is 8. The van der Waals surface area contributed by atoms with Crippen molar-refractivity contribution >= 4 is 35.5 Å². The Bertz CT molecular complexity index is 1140. The molecule has 2 aromatic rings. The van der Waals surface area contributed by atoms with E-state index in [9.17, 15) is 19.2 Å². The molecule has 0 heterocycles. The van der Waals surface area contributed by atoms with Gasteiger partial charge in [0, 0.05) is 22.5 Å². The van der Waals surface area contributed by atoms with Gasteiger partial charge in [0.05, 0.1) is 0 Å². The standard InChI is InChI=1S/C27H30N2O8/c1-18(2)24(30)34-13-15-36-26(32)28-22-11-9-20(10-12-22)17-21-7-5-6-8-23(21)29-27(33)37-16-14-35-25(31)19(3)4/h5-12H,1,3,13-17H2,2,4H3,(H,28,32)(H,29,33). The Hall–Kier alpha value is -4.60. The number of rotatable bonds is 12. The van der Waals surface area contributed by atoms with Gasteiger partial charge in [0.15, 0.2) is 0 Å². The average Bonchev–Trinajstić information content (AvgIpc) is 2.86. The van der Waals surface area contributed by atoms with Crippen LogP contribution in [0.4, 0.5) is 21.0 Å². The fraction of sp³-hybridized carbons (Fsp3) is 0.259. The number of amides is 2. The van der Waals surface area contributed by atoms with E-state index >= 15 is 0 Å². The van der Waals surface area contributed by atoms with E-state index in [1.165, 1.54) is 13.8 Å². The first kappa shape index (κ1) is 28.6. The predicted molar refractivity (Wildman–Crippen MR) is 137 cm³/mol. The second-order valence-electron chi connectivity index (χ2n) is 7.89.